The molecule has 2 aliphatic heterocycles. The molecule has 0 radical (unpaired) electrons. The van der Waals surface area contributed by atoms with Crippen molar-refractivity contribution in [1.82, 2.24) is 10.3 Å². The molecule has 2 aliphatic rings. The lowest BCUT2D eigenvalue weighted by Gasteiger charge is -2.18. The Morgan fingerprint density at radius 1 is 1.56 bits per heavy atom. The molecule has 88 valence electrons. The molecule has 3 heterocycles. The highest BCUT2D eigenvalue weighted by atomic mass is 32.1. The minimum absolute atomic E-state index is 0.542. The van der Waals surface area contributed by atoms with Gasteiger partial charge in [-0.3, -0.25) is 0 Å². The fourth-order valence-corrected chi connectivity index (χ4v) is 3.57. The molecule has 1 N–H and O–H groups in total. The van der Waals surface area contributed by atoms with Gasteiger partial charge >= 0.3 is 0 Å². The van der Waals surface area contributed by atoms with Gasteiger partial charge < -0.3 is 10.1 Å². The van der Waals surface area contributed by atoms with Crippen molar-refractivity contribution < 1.29 is 4.74 Å². The largest absolute Gasteiger partial charge is 0.375 e. The van der Waals surface area contributed by atoms with Gasteiger partial charge in [0.15, 0.2) is 0 Å². The van der Waals surface area contributed by atoms with E-state index in [4.69, 9.17) is 4.74 Å². The maximum atomic E-state index is 5.85. The molecule has 0 amide bonds. The molecule has 0 aromatic carbocycles. The van der Waals surface area contributed by atoms with Crippen LogP contribution in [0.3, 0.4) is 0 Å². The monoisotopic (exact) mass is 238 g/mol. The van der Waals surface area contributed by atoms with Crippen molar-refractivity contribution in [2.24, 2.45) is 5.92 Å². The quantitative estimate of drug-likeness (QED) is 0.872. The Bertz CT molecular complexity index is 366. The van der Waals surface area contributed by atoms with E-state index >= 15 is 0 Å². The van der Waals surface area contributed by atoms with Crippen molar-refractivity contribution in [2.45, 2.75) is 44.9 Å². The van der Waals surface area contributed by atoms with Gasteiger partial charge in [-0.15, -0.1) is 11.3 Å². The van der Waals surface area contributed by atoms with Crippen LogP contribution in [0.2, 0.25) is 0 Å². The van der Waals surface area contributed by atoms with Crippen molar-refractivity contribution >= 4 is 11.3 Å². The van der Waals surface area contributed by atoms with Gasteiger partial charge in [0.2, 0.25) is 0 Å². The Kier molecular flexibility index (Phi) is 2.96. The maximum Gasteiger partial charge on any atom is 0.0798 e. The van der Waals surface area contributed by atoms with Gasteiger partial charge in [0.05, 0.1) is 23.4 Å². The number of aromatic nitrogens is 1. The molecule has 0 aliphatic carbocycles. The number of nitrogens with zero attached hydrogens (tertiary/aromatic N) is 1. The normalized spacial score (nSPS) is 32.4. The Hall–Kier alpha value is -0.450. The second-order valence-electron chi connectivity index (χ2n) is 4.86. The van der Waals surface area contributed by atoms with E-state index in [1.165, 1.54) is 29.8 Å². The van der Waals surface area contributed by atoms with E-state index in [1.54, 1.807) is 11.3 Å². The molecule has 1 aromatic heterocycles. The van der Waals surface area contributed by atoms with E-state index in [1.807, 2.05) is 5.51 Å². The zero-order valence-electron chi connectivity index (χ0n) is 9.61. The number of fused-ring (bicyclic) bond motifs is 2. The molecule has 3 nitrogen and oxygen atoms in total. The van der Waals surface area contributed by atoms with E-state index < -0.39 is 0 Å². The molecular weight excluding hydrogens is 220 g/mol. The average molecular weight is 238 g/mol. The van der Waals surface area contributed by atoms with E-state index in [9.17, 15) is 0 Å². The molecule has 3 rings (SSSR count). The first kappa shape index (κ1) is 10.7. The van der Waals surface area contributed by atoms with Gasteiger partial charge in [0, 0.05) is 23.9 Å². The van der Waals surface area contributed by atoms with Gasteiger partial charge in [-0.05, 0) is 26.2 Å². The zero-order valence-corrected chi connectivity index (χ0v) is 10.4. The van der Waals surface area contributed by atoms with Crippen LogP contribution >= 0.6 is 11.3 Å². The number of aryl methyl sites for hydroxylation is 1. The van der Waals surface area contributed by atoms with Crippen LogP contribution in [0.4, 0.5) is 0 Å². The van der Waals surface area contributed by atoms with Gasteiger partial charge in [-0.1, -0.05) is 0 Å². The summed E-state index contributed by atoms with van der Waals surface area (Å²) in [5.74, 6) is 0.743. The third-order valence-corrected chi connectivity index (χ3v) is 4.70. The standard InChI is InChI=1S/C12H18N2OS/c1-8-12(16-7-14-8)6-13-5-9-4-10-2-3-11(9)15-10/h7,9-11,13H,2-6H2,1H3. The number of hydrogen-bond donors (Lipinski definition) is 1. The molecule has 0 spiro atoms. The molecule has 3 unspecified atom stereocenters. The van der Waals surface area contributed by atoms with Crippen molar-refractivity contribution in [1.29, 1.82) is 0 Å². The van der Waals surface area contributed by atoms with E-state index in [0.29, 0.717) is 12.2 Å². The summed E-state index contributed by atoms with van der Waals surface area (Å²) in [6.45, 7) is 4.14. The van der Waals surface area contributed by atoms with Gasteiger partial charge in [-0.25, -0.2) is 4.98 Å². The van der Waals surface area contributed by atoms with Crippen LogP contribution in [0.5, 0.6) is 0 Å². The lowest BCUT2D eigenvalue weighted by molar-refractivity contribution is 0.0924. The SMILES string of the molecule is Cc1ncsc1CNCC1CC2CCC1O2. The maximum absolute atomic E-state index is 5.85. The van der Waals surface area contributed by atoms with Crippen molar-refractivity contribution in [2.75, 3.05) is 6.54 Å². The summed E-state index contributed by atoms with van der Waals surface area (Å²) < 4.78 is 5.85. The summed E-state index contributed by atoms with van der Waals surface area (Å²) >= 11 is 1.74. The van der Waals surface area contributed by atoms with Gasteiger partial charge in [0.1, 0.15) is 0 Å². The first-order valence-corrected chi connectivity index (χ1v) is 6.96. The lowest BCUT2D eigenvalue weighted by atomic mass is 9.89. The molecule has 2 saturated heterocycles. The highest BCUT2D eigenvalue weighted by molar-refractivity contribution is 7.09. The van der Waals surface area contributed by atoms with Crippen LogP contribution in [0.1, 0.15) is 29.8 Å². The van der Waals surface area contributed by atoms with Gasteiger partial charge in [-0.2, -0.15) is 0 Å². The van der Waals surface area contributed by atoms with Crippen LogP contribution in [0.15, 0.2) is 5.51 Å². The predicted molar refractivity (Wildman–Crippen MR) is 64.6 cm³/mol. The summed E-state index contributed by atoms with van der Waals surface area (Å²) in [6, 6.07) is 0. The third-order valence-electron chi connectivity index (χ3n) is 3.77. The molecule has 1 aromatic rings. The second kappa shape index (κ2) is 4.43. The predicted octanol–water partition coefficient (Wildman–Crippen LogP) is 2.11. The highest BCUT2D eigenvalue weighted by Gasteiger charge is 2.40. The number of hydrogen-bond acceptors (Lipinski definition) is 4. The fraction of sp³-hybridized carbons (Fsp3) is 0.750. The first-order chi connectivity index (χ1) is 7.83. The molecule has 2 fully saturated rings. The number of thiazole rings is 1. The van der Waals surface area contributed by atoms with Crippen LogP contribution in [0, 0.1) is 12.8 Å². The summed E-state index contributed by atoms with van der Waals surface area (Å²) in [5, 5.41) is 3.55. The van der Waals surface area contributed by atoms with E-state index in [0.717, 1.165) is 19.0 Å². The molecule has 2 bridgehead atoms. The number of nitrogens with one attached hydrogen (secondary N) is 1. The van der Waals surface area contributed by atoms with Crippen LogP contribution in [-0.2, 0) is 11.3 Å². The van der Waals surface area contributed by atoms with Crippen molar-refractivity contribution in [3.63, 3.8) is 0 Å². The van der Waals surface area contributed by atoms with Crippen molar-refractivity contribution in [3.8, 4) is 0 Å². The minimum atomic E-state index is 0.542. The summed E-state index contributed by atoms with van der Waals surface area (Å²) in [5.41, 5.74) is 3.09. The fourth-order valence-electron chi connectivity index (χ4n) is 2.82. The van der Waals surface area contributed by atoms with Crippen LogP contribution in [-0.4, -0.2) is 23.7 Å². The zero-order chi connectivity index (χ0) is 11.0. The molecule has 0 saturated carbocycles. The smallest absolute Gasteiger partial charge is 0.0798 e. The third kappa shape index (κ3) is 2.01. The number of rotatable bonds is 4. The summed E-state index contributed by atoms with van der Waals surface area (Å²) in [4.78, 5) is 5.62. The minimum Gasteiger partial charge on any atom is -0.375 e. The Morgan fingerprint density at radius 3 is 3.12 bits per heavy atom. The Morgan fingerprint density at radius 2 is 2.50 bits per heavy atom. The van der Waals surface area contributed by atoms with Crippen molar-refractivity contribution in [3.05, 3.63) is 16.1 Å². The molecule has 3 atom stereocenters. The summed E-state index contributed by atoms with van der Waals surface area (Å²) in [6.07, 6.45) is 4.94. The summed E-state index contributed by atoms with van der Waals surface area (Å²) in [7, 11) is 0. The van der Waals surface area contributed by atoms with Crippen LogP contribution < -0.4 is 5.32 Å². The average Bonchev–Trinajstić information content (AvgIpc) is 2.96. The van der Waals surface area contributed by atoms with Crippen LogP contribution in [0.25, 0.3) is 0 Å². The Balaban J connectivity index is 1.46. The van der Waals surface area contributed by atoms with E-state index in [-0.39, 0.29) is 0 Å². The number of ether oxygens (including phenoxy) is 1. The highest BCUT2D eigenvalue weighted by Crippen LogP contribution is 2.38. The molecule has 16 heavy (non-hydrogen) atoms. The molecular formula is C12H18N2OS. The first-order valence-electron chi connectivity index (χ1n) is 6.08. The van der Waals surface area contributed by atoms with E-state index in [2.05, 4.69) is 17.2 Å². The second-order valence-corrected chi connectivity index (χ2v) is 5.80. The molecule has 4 heteroatoms. The Labute approximate surface area is 100 Å². The lowest BCUT2D eigenvalue weighted by Crippen LogP contribution is -2.29. The van der Waals surface area contributed by atoms with Gasteiger partial charge in [0.25, 0.3) is 0 Å². The topological polar surface area (TPSA) is 34.2 Å².